The van der Waals surface area contributed by atoms with Gasteiger partial charge in [0, 0.05) is 31.7 Å². The first kappa shape index (κ1) is 19.0. The number of para-hydroxylation sites is 1. The number of benzene rings is 2. The lowest BCUT2D eigenvalue weighted by atomic mass is 9.95. The molecule has 1 heterocycles. The van der Waals surface area contributed by atoms with Crippen LogP contribution < -0.4 is 9.64 Å². The molecule has 0 aliphatic carbocycles. The Morgan fingerprint density at radius 3 is 2.44 bits per heavy atom. The van der Waals surface area contributed by atoms with Gasteiger partial charge in [-0.1, -0.05) is 30.3 Å². The fourth-order valence-corrected chi connectivity index (χ4v) is 3.37. The van der Waals surface area contributed by atoms with Gasteiger partial charge in [-0.3, -0.25) is 9.59 Å². The van der Waals surface area contributed by atoms with E-state index in [-0.39, 0.29) is 24.3 Å². The van der Waals surface area contributed by atoms with Crippen LogP contribution in [0.1, 0.15) is 18.4 Å². The molecule has 0 N–H and O–H groups in total. The third kappa shape index (κ3) is 4.88. The second-order valence-corrected chi connectivity index (χ2v) is 6.99. The average molecular weight is 366 g/mol. The molecule has 142 valence electrons. The summed E-state index contributed by atoms with van der Waals surface area (Å²) in [6, 6.07) is 17.3. The number of ether oxygens (including phenoxy) is 1. The van der Waals surface area contributed by atoms with Crippen molar-refractivity contribution < 1.29 is 14.3 Å². The Balaban J connectivity index is 1.49. The zero-order chi connectivity index (χ0) is 19.2. The Labute approximate surface area is 160 Å². The van der Waals surface area contributed by atoms with Gasteiger partial charge in [-0.15, -0.1) is 0 Å². The molecule has 2 aromatic rings. The highest BCUT2D eigenvalue weighted by atomic mass is 16.5. The van der Waals surface area contributed by atoms with Crippen molar-refractivity contribution in [2.75, 3.05) is 31.6 Å². The third-order valence-electron chi connectivity index (χ3n) is 5.02. The van der Waals surface area contributed by atoms with Crippen molar-refractivity contribution in [1.82, 2.24) is 4.90 Å². The number of rotatable bonds is 5. The minimum absolute atomic E-state index is 0.0307. The zero-order valence-corrected chi connectivity index (χ0v) is 15.9. The van der Waals surface area contributed by atoms with Gasteiger partial charge >= 0.3 is 0 Å². The number of amides is 2. The first-order chi connectivity index (χ1) is 13.0. The number of nitrogens with zero attached hydrogens (tertiary/aromatic N) is 2. The minimum atomic E-state index is -0.0467. The fraction of sp³-hybridized carbons (Fsp3) is 0.364. The fourth-order valence-electron chi connectivity index (χ4n) is 3.37. The van der Waals surface area contributed by atoms with Crippen molar-refractivity contribution in [3.05, 3.63) is 60.2 Å². The van der Waals surface area contributed by atoms with Crippen LogP contribution in [0.2, 0.25) is 0 Å². The number of piperidine rings is 1. The smallest absolute Gasteiger partial charge is 0.260 e. The summed E-state index contributed by atoms with van der Waals surface area (Å²) >= 11 is 0. The summed E-state index contributed by atoms with van der Waals surface area (Å²) in [6.07, 6.45) is 1.37. The Morgan fingerprint density at radius 2 is 1.78 bits per heavy atom. The van der Waals surface area contributed by atoms with Crippen LogP contribution in [-0.2, 0) is 9.59 Å². The van der Waals surface area contributed by atoms with Crippen molar-refractivity contribution in [2.24, 2.45) is 5.92 Å². The van der Waals surface area contributed by atoms with E-state index >= 15 is 0 Å². The molecule has 1 fully saturated rings. The van der Waals surface area contributed by atoms with E-state index < -0.39 is 0 Å². The molecule has 1 aliphatic heterocycles. The molecule has 0 saturated carbocycles. The highest BCUT2D eigenvalue weighted by molar-refractivity contribution is 5.94. The summed E-state index contributed by atoms with van der Waals surface area (Å²) in [6.45, 7) is 3.24. The van der Waals surface area contributed by atoms with Crippen LogP contribution in [0.15, 0.2) is 54.6 Å². The molecule has 0 radical (unpaired) electrons. The summed E-state index contributed by atoms with van der Waals surface area (Å²) < 4.78 is 5.54. The lowest BCUT2D eigenvalue weighted by Crippen LogP contribution is -2.45. The van der Waals surface area contributed by atoms with Crippen LogP contribution in [-0.4, -0.2) is 43.5 Å². The van der Waals surface area contributed by atoms with Crippen LogP contribution in [0.5, 0.6) is 5.75 Å². The molecular formula is C22H26N2O3. The average Bonchev–Trinajstić information content (AvgIpc) is 2.72. The predicted molar refractivity (Wildman–Crippen MR) is 106 cm³/mol. The van der Waals surface area contributed by atoms with Gasteiger partial charge in [-0.05, 0) is 49.6 Å². The maximum absolute atomic E-state index is 12.8. The van der Waals surface area contributed by atoms with Crippen molar-refractivity contribution in [3.8, 4) is 5.75 Å². The summed E-state index contributed by atoms with van der Waals surface area (Å²) in [4.78, 5) is 28.7. The van der Waals surface area contributed by atoms with Crippen LogP contribution in [0.3, 0.4) is 0 Å². The number of hydrogen-bond acceptors (Lipinski definition) is 3. The molecular weight excluding hydrogens is 340 g/mol. The lowest BCUT2D eigenvalue weighted by Gasteiger charge is -2.33. The van der Waals surface area contributed by atoms with E-state index in [1.807, 2.05) is 68.6 Å². The summed E-state index contributed by atoms with van der Waals surface area (Å²) in [5, 5.41) is 0. The van der Waals surface area contributed by atoms with E-state index in [4.69, 9.17) is 4.74 Å². The monoisotopic (exact) mass is 366 g/mol. The molecule has 0 aromatic heterocycles. The maximum atomic E-state index is 12.8. The summed E-state index contributed by atoms with van der Waals surface area (Å²) in [5.74, 6) is 0.732. The van der Waals surface area contributed by atoms with E-state index in [1.54, 1.807) is 9.80 Å². The SMILES string of the molecule is Cc1cccc(N(C)C(=O)C2CCN(C(=O)COc3ccccc3)CC2)c1. The molecule has 2 amide bonds. The Bertz CT molecular complexity index is 783. The standard InChI is InChI=1S/C22H26N2O3/c1-17-7-6-8-19(15-17)23(2)22(26)18-11-13-24(14-12-18)21(25)16-27-20-9-4-3-5-10-20/h3-10,15,18H,11-14,16H2,1-2H3. The first-order valence-corrected chi connectivity index (χ1v) is 9.34. The number of anilines is 1. The molecule has 2 aromatic carbocycles. The van der Waals surface area contributed by atoms with E-state index in [0.717, 1.165) is 11.3 Å². The van der Waals surface area contributed by atoms with E-state index in [0.29, 0.717) is 31.7 Å². The minimum Gasteiger partial charge on any atom is -0.484 e. The van der Waals surface area contributed by atoms with Gasteiger partial charge < -0.3 is 14.5 Å². The topological polar surface area (TPSA) is 49.9 Å². The van der Waals surface area contributed by atoms with Gasteiger partial charge in [-0.2, -0.15) is 0 Å². The van der Waals surface area contributed by atoms with Crippen molar-refractivity contribution >= 4 is 17.5 Å². The second kappa shape index (κ2) is 8.71. The first-order valence-electron chi connectivity index (χ1n) is 9.34. The second-order valence-electron chi connectivity index (χ2n) is 6.99. The molecule has 5 nitrogen and oxygen atoms in total. The van der Waals surface area contributed by atoms with Gasteiger partial charge in [-0.25, -0.2) is 0 Å². The van der Waals surface area contributed by atoms with Gasteiger partial charge in [0.15, 0.2) is 6.61 Å². The zero-order valence-electron chi connectivity index (χ0n) is 15.9. The van der Waals surface area contributed by atoms with Gasteiger partial charge in [0.05, 0.1) is 0 Å². The number of carbonyl (C=O) groups excluding carboxylic acids is 2. The van der Waals surface area contributed by atoms with E-state index in [9.17, 15) is 9.59 Å². The Kier molecular flexibility index (Phi) is 6.12. The molecule has 1 aliphatic rings. The maximum Gasteiger partial charge on any atom is 0.260 e. The quantitative estimate of drug-likeness (QED) is 0.816. The van der Waals surface area contributed by atoms with Crippen LogP contribution in [0.25, 0.3) is 0 Å². The molecule has 0 atom stereocenters. The molecule has 1 saturated heterocycles. The molecule has 27 heavy (non-hydrogen) atoms. The third-order valence-corrected chi connectivity index (χ3v) is 5.02. The molecule has 3 rings (SSSR count). The number of hydrogen-bond donors (Lipinski definition) is 0. The number of carbonyl (C=O) groups is 2. The van der Waals surface area contributed by atoms with Crippen molar-refractivity contribution in [1.29, 1.82) is 0 Å². The highest BCUT2D eigenvalue weighted by Gasteiger charge is 2.29. The largest absolute Gasteiger partial charge is 0.484 e. The molecule has 0 unspecified atom stereocenters. The molecule has 0 bridgehead atoms. The number of aryl methyl sites for hydroxylation is 1. The van der Waals surface area contributed by atoms with Gasteiger partial charge in [0.2, 0.25) is 5.91 Å². The predicted octanol–water partition coefficient (Wildman–Crippen LogP) is 3.28. The Hall–Kier alpha value is -2.82. The van der Waals surface area contributed by atoms with E-state index in [1.165, 1.54) is 0 Å². The lowest BCUT2D eigenvalue weighted by molar-refractivity contribution is -0.136. The van der Waals surface area contributed by atoms with Crippen LogP contribution >= 0.6 is 0 Å². The number of likely N-dealkylation sites (tertiary alicyclic amines) is 1. The van der Waals surface area contributed by atoms with Gasteiger partial charge in [0.1, 0.15) is 5.75 Å². The normalized spacial score (nSPS) is 14.7. The Morgan fingerprint density at radius 1 is 1.07 bits per heavy atom. The van der Waals surface area contributed by atoms with Crippen molar-refractivity contribution in [2.45, 2.75) is 19.8 Å². The van der Waals surface area contributed by atoms with Crippen LogP contribution in [0.4, 0.5) is 5.69 Å². The van der Waals surface area contributed by atoms with E-state index in [2.05, 4.69) is 0 Å². The summed E-state index contributed by atoms with van der Waals surface area (Å²) in [7, 11) is 1.82. The summed E-state index contributed by atoms with van der Waals surface area (Å²) in [5.41, 5.74) is 2.04. The van der Waals surface area contributed by atoms with Gasteiger partial charge in [0.25, 0.3) is 5.91 Å². The molecule has 0 spiro atoms. The van der Waals surface area contributed by atoms with Crippen LogP contribution in [0, 0.1) is 12.8 Å². The van der Waals surface area contributed by atoms with Crippen molar-refractivity contribution in [3.63, 3.8) is 0 Å². The molecule has 5 heteroatoms. The highest BCUT2D eigenvalue weighted by Crippen LogP contribution is 2.23.